The first-order valence-electron chi connectivity index (χ1n) is 17.5. The minimum atomic E-state index is 1.09. The standard InChI is InChI=1S/C48H33N3/c1-4-16-34(17-5-1)40-26-15-29-46-48(40)43-31-30-39(33-47(43)50(46)36-20-8-3-9-21-36)49(35-18-6-2-7-19-35)37-22-14-23-38(32-37)51-44-27-12-10-24-41(44)42-25-11-13-28-45(42)51/h1-33H. The molecule has 240 valence electrons. The fourth-order valence-electron chi connectivity index (χ4n) is 7.90. The maximum absolute atomic E-state index is 2.41. The van der Waals surface area contributed by atoms with Gasteiger partial charge in [0, 0.05) is 50.0 Å². The number of aromatic nitrogens is 2. The van der Waals surface area contributed by atoms with Crippen molar-refractivity contribution in [1.82, 2.24) is 9.13 Å². The zero-order valence-electron chi connectivity index (χ0n) is 27.9. The van der Waals surface area contributed by atoms with E-state index in [0.29, 0.717) is 0 Å². The van der Waals surface area contributed by atoms with Crippen molar-refractivity contribution in [2.24, 2.45) is 0 Å². The second-order valence-electron chi connectivity index (χ2n) is 13.0. The molecule has 0 aliphatic heterocycles. The zero-order valence-corrected chi connectivity index (χ0v) is 27.9. The van der Waals surface area contributed by atoms with E-state index in [4.69, 9.17) is 0 Å². The van der Waals surface area contributed by atoms with E-state index in [1.807, 2.05) is 0 Å². The fraction of sp³-hybridized carbons (Fsp3) is 0. The Morgan fingerprint density at radius 2 is 0.843 bits per heavy atom. The van der Waals surface area contributed by atoms with Crippen LogP contribution in [-0.2, 0) is 0 Å². The van der Waals surface area contributed by atoms with Gasteiger partial charge >= 0.3 is 0 Å². The predicted octanol–water partition coefficient (Wildman–Crippen LogP) is 13.0. The Labute approximate surface area is 296 Å². The Morgan fingerprint density at radius 3 is 1.57 bits per heavy atom. The van der Waals surface area contributed by atoms with E-state index in [0.717, 1.165) is 34.0 Å². The van der Waals surface area contributed by atoms with Gasteiger partial charge in [-0.25, -0.2) is 0 Å². The Kier molecular flexibility index (Phi) is 6.81. The monoisotopic (exact) mass is 651 g/mol. The molecule has 0 N–H and O–H groups in total. The topological polar surface area (TPSA) is 13.1 Å². The van der Waals surface area contributed by atoms with Gasteiger partial charge in [0.05, 0.1) is 22.1 Å². The molecule has 10 aromatic rings. The summed E-state index contributed by atoms with van der Waals surface area (Å²) in [5.74, 6) is 0. The Hall–Kier alpha value is -6.84. The molecule has 0 bridgehead atoms. The van der Waals surface area contributed by atoms with Crippen molar-refractivity contribution < 1.29 is 0 Å². The largest absolute Gasteiger partial charge is 0.310 e. The third kappa shape index (κ3) is 4.74. The normalized spacial score (nSPS) is 11.5. The van der Waals surface area contributed by atoms with Gasteiger partial charge in [0.1, 0.15) is 0 Å². The average Bonchev–Trinajstić information content (AvgIpc) is 3.72. The van der Waals surface area contributed by atoms with Gasteiger partial charge < -0.3 is 14.0 Å². The first-order valence-corrected chi connectivity index (χ1v) is 17.5. The Balaban J connectivity index is 1.22. The molecule has 2 heterocycles. The first-order chi connectivity index (χ1) is 25.3. The maximum Gasteiger partial charge on any atom is 0.0562 e. The summed E-state index contributed by atoms with van der Waals surface area (Å²) in [7, 11) is 0. The van der Waals surface area contributed by atoms with Crippen LogP contribution < -0.4 is 4.90 Å². The van der Waals surface area contributed by atoms with E-state index in [9.17, 15) is 0 Å². The van der Waals surface area contributed by atoms with Crippen molar-refractivity contribution in [3.8, 4) is 22.5 Å². The van der Waals surface area contributed by atoms with Crippen LogP contribution in [0.5, 0.6) is 0 Å². The molecule has 0 saturated heterocycles. The number of rotatable bonds is 6. The second-order valence-corrected chi connectivity index (χ2v) is 13.0. The number of para-hydroxylation sites is 4. The molecule has 0 aliphatic rings. The van der Waals surface area contributed by atoms with Crippen molar-refractivity contribution >= 4 is 60.7 Å². The lowest BCUT2D eigenvalue weighted by atomic mass is 9.99. The summed E-state index contributed by atoms with van der Waals surface area (Å²) in [6, 6.07) is 72.1. The van der Waals surface area contributed by atoms with Gasteiger partial charge in [0.2, 0.25) is 0 Å². The molecule has 0 radical (unpaired) electrons. The summed E-state index contributed by atoms with van der Waals surface area (Å²) in [5.41, 5.74) is 12.7. The summed E-state index contributed by atoms with van der Waals surface area (Å²) in [6.45, 7) is 0. The van der Waals surface area contributed by atoms with Crippen LogP contribution in [0.4, 0.5) is 17.1 Å². The van der Waals surface area contributed by atoms with Crippen LogP contribution in [0.1, 0.15) is 0 Å². The Morgan fingerprint density at radius 1 is 0.314 bits per heavy atom. The summed E-state index contributed by atoms with van der Waals surface area (Å²) >= 11 is 0. The van der Waals surface area contributed by atoms with Gasteiger partial charge in [0.15, 0.2) is 0 Å². The maximum atomic E-state index is 2.41. The van der Waals surface area contributed by atoms with Crippen LogP contribution in [0.25, 0.3) is 66.1 Å². The molecular weight excluding hydrogens is 619 g/mol. The van der Waals surface area contributed by atoms with Gasteiger partial charge in [-0.05, 0) is 83.9 Å². The molecule has 3 nitrogen and oxygen atoms in total. The molecule has 10 rings (SSSR count). The molecule has 0 aliphatic carbocycles. The van der Waals surface area contributed by atoms with Crippen molar-refractivity contribution in [1.29, 1.82) is 0 Å². The van der Waals surface area contributed by atoms with E-state index >= 15 is 0 Å². The van der Waals surface area contributed by atoms with E-state index in [-0.39, 0.29) is 0 Å². The number of fused-ring (bicyclic) bond motifs is 6. The number of hydrogen-bond acceptors (Lipinski definition) is 1. The minimum absolute atomic E-state index is 1.09. The smallest absolute Gasteiger partial charge is 0.0562 e. The van der Waals surface area contributed by atoms with E-state index in [1.54, 1.807) is 0 Å². The molecule has 0 spiro atoms. The van der Waals surface area contributed by atoms with Crippen LogP contribution in [0.15, 0.2) is 200 Å². The highest BCUT2D eigenvalue weighted by Gasteiger charge is 2.20. The highest BCUT2D eigenvalue weighted by molar-refractivity contribution is 6.16. The van der Waals surface area contributed by atoms with Crippen LogP contribution in [-0.4, -0.2) is 9.13 Å². The second kappa shape index (κ2) is 11.9. The van der Waals surface area contributed by atoms with Gasteiger partial charge in [-0.2, -0.15) is 0 Å². The molecule has 0 atom stereocenters. The number of anilines is 3. The molecule has 0 fully saturated rings. The first kappa shape index (κ1) is 29.1. The van der Waals surface area contributed by atoms with Crippen molar-refractivity contribution in [3.63, 3.8) is 0 Å². The molecule has 3 heteroatoms. The molecule has 0 saturated carbocycles. The lowest BCUT2D eigenvalue weighted by Crippen LogP contribution is -2.10. The van der Waals surface area contributed by atoms with Crippen LogP contribution in [0.2, 0.25) is 0 Å². The molecule has 8 aromatic carbocycles. The highest BCUT2D eigenvalue weighted by atomic mass is 15.1. The van der Waals surface area contributed by atoms with Crippen LogP contribution >= 0.6 is 0 Å². The minimum Gasteiger partial charge on any atom is -0.310 e. The van der Waals surface area contributed by atoms with E-state index < -0.39 is 0 Å². The third-order valence-electron chi connectivity index (χ3n) is 10.1. The molecule has 0 unspecified atom stereocenters. The third-order valence-corrected chi connectivity index (χ3v) is 10.1. The number of nitrogens with zero attached hydrogens (tertiary/aromatic N) is 3. The summed E-state index contributed by atoms with van der Waals surface area (Å²) in [4.78, 5) is 2.38. The lowest BCUT2D eigenvalue weighted by molar-refractivity contribution is 1.16. The van der Waals surface area contributed by atoms with Crippen LogP contribution in [0, 0.1) is 0 Å². The summed E-state index contributed by atoms with van der Waals surface area (Å²) in [6.07, 6.45) is 0. The molecule has 2 aromatic heterocycles. The highest BCUT2D eigenvalue weighted by Crippen LogP contribution is 2.43. The van der Waals surface area contributed by atoms with Gasteiger partial charge in [0.25, 0.3) is 0 Å². The molecular formula is C48H33N3. The zero-order chi connectivity index (χ0) is 33.7. The van der Waals surface area contributed by atoms with Crippen molar-refractivity contribution in [2.45, 2.75) is 0 Å². The fourth-order valence-corrected chi connectivity index (χ4v) is 7.90. The Bertz CT molecular complexity index is 2790. The van der Waals surface area contributed by atoms with Crippen molar-refractivity contribution in [2.75, 3.05) is 4.90 Å². The van der Waals surface area contributed by atoms with Crippen LogP contribution in [0.3, 0.4) is 0 Å². The molecule has 51 heavy (non-hydrogen) atoms. The van der Waals surface area contributed by atoms with E-state index in [1.165, 1.54) is 49.2 Å². The number of hydrogen-bond donors (Lipinski definition) is 0. The summed E-state index contributed by atoms with van der Waals surface area (Å²) < 4.78 is 4.80. The summed E-state index contributed by atoms with van der Waals surface area (Å²) in [5, 5.41) is 5.00. The van der Waals surface area contributed by atoms with E-state index in [2.05, 4.69) is 214 Å². The van der Waals surface area contributed by atoms with Gasteiger partial charge in [-0.3, -0.25) is 0 Å². The average molecular weight is 652 g/mol. The van der Waals surface area contributed by atoms with Crippen molar-refractivity contribution in [3.05, 3.63) is 200 Å². The lowest BCUT2D eigenvalue weighted by Gasteiger charge is -2.26. The van der Waals surface area contributed by atoms with Gasteiger partial charge in [-0.1, -0.05) is 127 Å². The van der Waals surface area contributed by atoms with Gasteiger partial charge in [-0.15, -0.1) is 0 Å². The molecule has 0 amide bonds. The predicted molar refractivity (Wildman–Crippen MR) is 215 cm³/mol. The SMILES string of the molecule is c1ccc(-c2cccc3c2c2ccc(N(c4ccccc4)c4cccc(-n5c6ccccc6c6ccccc65)c4)cc2n3-c2ccccc2)cc1. The quantitative estimate of drug-likeness (QED) is 0.174. The number of benzene rings is 8.